The Balaban J connectivity index is 0.997. The molecule has 42 heavy (non-hydrogen) atoms. The average molecular weight is 563 g/mol. The highest BCUT2D eigenvalue weighted by Crippen LogP contribution is 2.27. The lowest BCUT2D eigenvalue weighted by Gasteiger charge is -2.35. The number of carbonyl (C=O) groups is 1. The van der Waals surface area contributed by atoms with Gasteiger partial charge in [-0.2, -0.15) is 0 Å². The molecule has 0 bridgehead atoms. The van der Waals surface area contributed by atoms with Gasteiger partial charge < -0.3 is 9.32 Å². The highest BCUT2D eigenvalue weighted by molar-refractivity contribution is 5.79. The van der Waals surface area contributed by atoms with Gasteiger partial charge in [0, 0.05) is 36.2 Å². The van der Waals surface area contributed by atoms with Gasteiger partial charge in [0.05, 0.1) is 23.6 Å². The molecule has 9 heteroatoms. The number of aryl methyl sites for hydroxylation is 2. The second kappa shape index (κ2) is 10.7. The quantitative estimate of drug-likeness (QED) is 0.332. The van der Waals surface area contributed by atoms with Crippen molar-refractivity contribution in [3.8, 4) is 22.7 Å². The summed E-state index contributed by atoms with van der Waals surface area (Å²) in [5, 5.41) is 3.20. The van der Waals surface area contributed by atoms with Crippen molar-refractivity contribution in [2.45, 2.75) is 46.2 Å². The molecule has 9 nitrogen and oxygen atoms in total. The summed E-state index contributed by atoms with van der Waals surface area (Å²) >= 11 is 0. The number of rotatable bonds is 5. The molecule has 0 atom stereocenters. The number of likely N-dealkylation sites (tertiary alicyclic amines) is 1. The molecule has 2 aliphatic heterocycles. The van der Waals surface area contributed by atoms with E-state index < -0.39 is 0 Å². The molecule has 0 radical (unpaired) electrons. The number of amides is 1. The van der Waals surface area contributed by atoms with Crippen LogP contribution in [-0.4, -0.2) is 54.9 Å². The molecule has 0 aliphatic carbocycles. The molecule has 1 fully saturated rings. The van der Waals surface area contributed by atoms with E-state index in [4.69, 9.17) is 14.4 Å². The normalized spacial score (nSPS) is 16.2. The van der Waals surface area contributed by atoms with Crippen molar-refractivity contribution in [2.75, 3.05) is 19.6 Å². The second-order valence-corrected chi connectivity index (χ2v) is 11.5. The fraction of sp³-hybridized carbons (Fsp3) is 0.333. The average Bonchev–Trinajstić information content (AvgIpc) is 3.61. The Hall–Kier alpha value is -4.50. The Bertz CT molecular complexity index is 1810. The molecule has 214 valence electrons. The summed E-state index contributed by atoms with van der Waals surface area (Å²) in [6.07, 6.45) is 2.12. The molecule has 7 rings (SSSR count). The zero-order valence-corrected chi connectivity index (χ0v) is 24.0. The molecule has 5 heterocycles. The Morgan fingerprint density at radius 2 is 1.74 bits per heavy atom. The zero-order valence-electron chi connectivity index (χ0n) is 24.0. The van der Waals surface area contributed by atoms with Crippen LogP contribution in [0.5, 0.6) is 0 Å². The molecular weight excluding hydrogens is 528 g/mol. The van der Waals surface area contributed by atoms with Crippen molar-refractivity contribution in [3.63, 3.8) is 0 Å². The number of hydrogen-bond acceptors (Lipinski definition) is 6. The van der Waals surface area contributed by atoms with E-state index in [1.54, 1.807) is 0 Å². The number of nitrogens with one attached hydrogen (secondary N) is 1. The Morgan fingerprint density at radius 3 is 2.50 bits per heavy atom. The number of fused-ring (bicyclic) bond motifs is 2. The smallest absolute Gasteiger partial charge is 0.276 e. The number of hydrogen-bond donors (Lipinski definition) is 1. The van der Waals surface area contributed by atoms with E-state index in [2.05, 4.69) is 29.1 Å². The highest BCUT2D eigenvalue weighted by atomic mass is 16.4. The number of nitrogens with zero attached hydrogens (tertiary/aromatic N) is 5. The summed E-state index contributed by atoms with van der Waals surface area (Å²) < 4.78 is 7.50. The maximum absolute atomic E-state index is 13.6. The van der Waals surface area contributed by atoms with Crippen LogP contribution >= 0.6 is 0 Å². The van der Waals surface area contributed by atoms with Crippen LogP contribution in [-0.2, 0) is 24.3 Å². The predicted octanol–water partition coefficient (Wildman–Crippen LogP) is 4.76. The standard InChI is InChI=1S/C33H34N6O3/c1-21-8-10-24(11-9-21)31-35-28(22(2)42-31)19-37-15-12-25(13-16-37)32(40)38-17-14-26-29(20-38)34-30-18-27(36-39(30)33(26)41)23-6-4-3-5-7-23/h3-11,18,25,36H,12-17,19-20H2,1-2H3. The summed E-state index contributed by atoms with van der Waals surface area (Å²) in [7, 11) is 0. The van der Waals surface area contributed by atoms with Gasteiger partial charge in [-0.25, -0.2) is 14.5 Å². The Labute approximate surface area is 243 Å². The molecule has 3 aromatic heterocycles. The third-order valence-electron chi connectivity index (χ3n) is 8.66. The van der Waals surface area contributed by atoms with Gasteiger partial charge in [0.1, 0.15) is 5.76 Å². The van der Waals surface area contributed by atoms with Crippen molar-refractivity contribution in [2.24, 2.45) is 5.92 Å². The van der Waals surface area contributed by atoms with Crippen molar-refractivity contribution < 1.29 is 9.21 Å². The number of H-pyrrole nitrogens is 1. The van der Waals surface area contributed by atoms with Crippen LogP contribution in [0.1, 0.15) is 41.1 Å². The first-order valence-corrected chi connectivity index (χ1v) is 14.7. The van der Waals surface area contributed by atoms with Gasteiger partial charge in [-0.1, -0.05) is 48.0 Å². The molecule has 0 saturated carbocycles. The Kier molecular flexibility index (Phi) is 6.74. The highest BCUT2D eigenvalue weighted by Gasteiger charge is 2.32. The minimum absolute atomic E-state index is 0.0221. The van der Waals surface area contributed by atoms with E-state index >= 15 is 0 Å². The van der Waals surface area contributed by atoms with E-state index in [0.29, 0.717) is 48.9 Å². The maximum atomic E-state index is 13.6. The molecule has 1 N–H and O–H groups in total. The van der Waals surface area contributed by atoms with Crippen molar-refractivity contribution >= 4 is 11.6 Å². The molecule has 0 unspecified atom stereocenters. The number of aromatic nitrogens is 4. The van der Waals surface area contributed by atoms with Crippen LogP contribution < -0.4 is 5.56 Å². The van der Waals surface area contributed by atoms with Gasteiger partial charge in [0.15, 0.2) is 5.65 Å². The van der Waals surface area contributed by atoms with Gasteiger partial charge in [0.25, 0.3) is 5.56 Å². The minimum Gasteiger partial charge on any atom is -0.441 e. The van der Waals surface area contributed by atoms with Crippen LogP contribution in [0, 0.1) is 19.8 Å². The lowest BCUT2D eigenvalue weighted by molar-refractivity contribution is -0.138. The SMILES string of the molecule is Cc1ccc(-c2nc(CN3CCC(C(=O)N4CCc5c(nc6cc(-c7ccccc7)[nH]n6c5=O)C4)CC3)c(C)o2)cc1. The molecule has 2 aliphatic rings. The molecule has 1 amide bonds. The first-order valence-electron chi connectivity index (χ1n) is 14.7. The molecular formula is C33H34N6O3. The first-order chi connectivity index (χ1) is 20.4. The van der Waals surface area contributed by atoms with Gasteiger partial charge >= 0.3 is 0 Å². The van der Waals surface area contributed by atoms with Crippen molar-refractivity contribution in [1.82, 2.24) is 29.4 Å². The Morgan fingerprint density at radius 1 is 0.976 bits per heavy atom. The van der Waals surface area contributed by atoms with Crippen LogP contribution in [0.15, 0.2) is 69.9 Å². The fourth-order valence-corrected chi connectivity index (χ4v) is 6.15. The van der Waals surface area contributed by atoms with E-state index in [1.807, 2.05) is 60.4 Å². The van der Waals surface area contributed by atoms with Gasteiger partial charge in [-0.05, 0) is 63.9 Å². The third kappa shape index (κ3) is 4.94. The summed E-state index contributed by atoms with van der Waals surface area (Å²) in [5.74, 6) is 1.64. The van der Waals surface area contributed by atoms with Crippen LogP contribution in [0.3, 0.4) is 0 Å². The second-order valence-electron chi connectivity index (χ2n) is 11.5. The fourth-order valence-electron chi connectivity index (χ4n) is 6.15. The predicted molar refractivity (Wildman–Crippen MR) is 160 cm³/mol. The maximum Gasteiger partial charge on any atom is 0.276 e. The number of piperidine rings is 1. The van der Waals surface area contributed by atoms with E-state index in [0.717, 1.165) is 54.2 Å². The molecule has 5 aromatic rings. The summed E-state index contributed by atoms with van der Waals surface area (Å²) in [6, 6.07) is 20.0. The summed E-state index contributed by atoms with van der Waals surface area (Å²) in [4.78, 5) is 40.7. The largest absolute Gasteiger partial charge is 0.441 e. The topological polar surface area (TPSA) is 99.7 Å². The van der Waals surface area contributed by atoms with Gasteiger partial charge in [0.2, 0.25) is 11.8 Å². The molecule has 1 saturated heterocycles. The third-order valence-corrected chi connectivity index (χ3v) is 8.66. The van der Waals surface area contributed by atoms with E-state index in [1.165, 1.54) is 10.1 Å². The van der Waals surface area contributed by atoms with E-state index in [-0.39, 0.29) is 17.4 Å². The number of carbonyl (C=O) groups excluding carboxylic acids is 1. The van der Waals surface area contributed by atoms with E-state index in [9.17, 15) is 9.59 Å². The summed E-state index contributed by atoms with van der Waals surface area (Å²) in [6.45, 7) is 7.33. The van der Waals surface area contributed by atoms with Crippen LogP contribution in [0.25, 0.3) is 28.4 Å². The van der Waals surface area contributed by atoms with Crippen molar-refractivity contribution in [1.29, 1.82) is 0 Å². The lowest BCUT2D eigenvalue weighted by atomic mass is 9.94. The molecule has 2 aromatic carbocycles. The van der Waals surface area contributed by atoms with Crippen LogP contribution in [0.4, 0.5) is 0 Å². The van der Waals surface area contributed by atoms with Crippen molar-refractivity contribution in [3.05, 3.63) is 99.3 Å². The number of oxazole rings is 1. The monoisotopic (exact) mass is 562 g/mol. The first kappa shape index (κ1) is 26.4. The minimum atomic E-state index is -0.0775. The van der Waals surface area contributed by atoms with Gasteiger partial charge in [-0.3, -0.25) is 19.6 Å². The molecule has 0 spiro atoms. The number of benzene rings is 2. The number of aromatic amines is 1. The van der Waals surface area contributed by atoms with Gasteiger partial charge in [-0.15, -0.1) is 0 Å². The zero-order chi connectivity index (χ0) is 28.8. The summed E-state index contributed by atoms with van der Waals surface area (Å²) in [5.41, 5.74) is 6.88. The lowest BCUT2D eigenvalue weighted by Crippen LogP contribution is -2.45. The van der Waals surface area contributed by atoms with Crippen LogP contribution in [0.2, 0.25) is 0 Å².